The van der Waals surface area contributed by atoms with Gasteiger partial charge in [0, 0.05) is 13.0 Å². The molecule has 5 N–H and O–H groups in total. The first kappa shape index (κ1) is 24.3. The number of carboxylic acids is 1. The number of carbonyl (C=O) groups is 4. The fraction of sp³-hybridized carbons (Fsp3) is 0.545. The minimum Gasteiger partial charge on any atom is -0.480 e. The second-order valence-corrected chi connectivity index (χ2v) is 7.96. The number of hydrogen-bond acceptors (Lipinski definition) is 5. The summed E-state index contributed by atoms with van der Waals surface area (Å²) >= 11 is 0. The summed E-state index contributed by atoms with van der Waals surface area (Å²) in [7, 11) is 0. The number of aliphatic carboxylic acids is 1. The molecule has 0 spiro atoms. The van der Waals surface area contributed by atoms with Crippen LogP contribution in [0.5, 0.6) is 0 Å². The summed E-state index contributed by atoms with van der Waals surface area (Å²) in [5, 5.41) is 14.5. The second-order valence-electron chi connectivity index (χ2n) is 7.96. The van der Waals surface area contributed by atoms with Crippen LogP contribution in [-0.4, -0.2) is 64.9 Å². The minimum atomic E-state index is -1.05. The lowest BCUT2D eigenvalue weighted by molar-refractivity contribution is -0.148. The molecule has 9 nitrogen and oxygen atoms in total. The highest BCUT2D eigenvalue weighted by molar-refractivity contribution is 5.93. The number of carbonyl (C=O) groups excluding carboxylic acids is 3. The zero-order chi connectivity index (χ0) is 23.0. The van der Waals surface area contributed by atoms with Crippen LogP contribution in [0.3, 0.4) is 0 Å². The number of nitrogens with two attached hydrogens (primary N) is 1. The topological polar surface area (TPSA) is 142 Å². The van der Waals surface area contributed by atoms with Crippen molar-refractivity contribution in [3.05, 3.63) is 35.9 Å². The van der Waals surface area contributed by atoms with Gasteiger partial charge in [0.05, 0.1) is 12.6 Å². The van der Waals surface area contributed by atoms with Crippen molar-refractivity contribution in [2.45, 2.75) is 57.7 Å². The Morgan fingerprint density at radius 2 is 1.87 bits per heavy atom. The van der Waals surface area contributed by atoms with E-state index in [1.807, 2.05) is 44.2 Å². The Bertz CT molecular complexity index is 785. The van der Waals surface area contributed by atoms with Crippen LogP contribution in [0.25, 0.3) is 0 Å². The summed E-state index contributed by atoms with van der Waals surface area (Å²) in [4.78, 5) is 50.4. The fourth-order valence-corrected chi connectivity index (χ4v) is 3.55. The van der Waals surface area contributed by atoms with E-state index in [0.717, 1.165) is 12.0 Å². The van der Waals surface area contributed by atoms with Gasteiger partial charge in [0.25, 0.3) is 0 Å². The van der Waals surface area contributed by atoms with Crippen molar-refractivity contribution < 1.29 is 24.3 Å². The highest BCUT2D eigenvalue weighted by Gasteiger charge is 2.34. The predicted octanol–water partition coefficient (Wildman–Crippen LogP) is 0.279. The molecule has 0 radical (unpaired) electrons. The molecule has 1 saturated heterocycles. The van der Waals surface area contributed by atoms with Crippen LogP contribution < -0.4 is 16.4 Å². The molecule has 1 aliphatic rings. The van der Waals surface area contributed by atoms with E-state index in [1.165, 1.54) is 4.90 Å². The third kappa shape index (κ3) is 6.78. The van der Waals surface area contributed by atoms with E-state index in [-0.39, 0.29) is 18.9 Å². The Labute approximate surface area is 182 Å². The summed E-state index contributed by atoms with van der Waals surface area (Å²) in [6.45, 7) is 3.81. The highest BCUT2D eigenvalue weighted by atomic mass is 16.4. The first-order chi connectivity index (χ1) is 14.7. The lowest BCUT2D eigenvalue weighted by atomic mass is 9.98. The normalized spacial score (nSPS) is 18.7. The van der Waals surface area contributed by atoms with Crippen molar-refractivity contribution >= 4 is 23.7 Å². The van der Waals surface area contributed by atoms with Crippen LogP contribution >= 0.6 is 0 Å². The molecule has 4 unspecified atom stereocenters. The van der Waals surface area contributed by atoms with E-state index in [2.05, 4.69) is 10.6 Å². The molecule has 31 heavy (non-hydrogen) atoms. The average molecular weight is 433 g/mol. The number of likely N-dealkylation sites (tertiary alicyclic amines) is 1. The van der Waals surface area contributed by atoms with Gasteiger partial charge >= 0.3 is 5.97 Å². The minimum absolute atomic E-state index is 0.0508. The molecular weight excluding hydrogens is 400 g/mol. The van der Waals surface area contributed by atoms with Crippen LogP contribution in [0, 0.1) is 5.92 Å². The zero-order valence-electron chi connectivity index (χ0n) is 18.0. The van der Waals surface area contributed by atoms with E-state index in [9.17, 15) is 24.3 Å². The number of benzene rings is 1. The summed E-state index contributed by atoms with van der Waals surface area (Å²) in [6.07, 6.45) is 1.96. The molecule has 1 aliphatic heterocycles. The monoisotopic (exact) mass is 432 g/mol. The van der Waals surface area contributed by atoms with E-state index < -0.39 is 41.8 Å². The Balaban J connectivity index is 2.04. The van der Waals surface area contributed by atoms with Crippen LogP contribution in [-0.2, 0) is 25.6 Å². The van der Waals surface area contributed by atoms with E-state index >= 15 is 0 Å². The molecule has 9 heteroatoms. The van der Waals surface area contributed by atoms with Gasteiger partial charge in [-0.3, -0.25) is 14.4 Å². The van der Waals surface area contributed by atoms with Gasteiger partial charge in [-0.1, -0.05) is 50.6 Å². The van der Waals surface area contributed by atoms with E-state index in [4.69, 9.17) is 5.73 Å². The molecule has 0 saturated carbocycles. The molecule has 2 rings (SSSR count). The Kier molecular flexibility index (Phi) is 8.99. The largest absolute Gasteiger partial charge is 0.480 e. The SMILES string of the molecule is CCC(C)C(N)C(=O)NC(Cc1ccccc1)C(=O)NCC(=O)N1CCCC1C(=O)O. The second kappa shape index (κ2) is 11.5. The number of hydrogen-bond donors (Lipinski definition) is 4. The third-order valence-corrected chi connectivity index (χ3v) is 5.75. The number of rotatable bonds is 10. The van der Waals surface area contributed by atoms with Crippen molar-refractivity contribution in [1.82, 2.24) is 15.5 Å². The van der Waals surface area contributed by atoms with E-state index in [1.54, 1.807) is 0 Å². The molecule has 1 aromatic rings. The summed E-state index contributed by atoms with van der Waals surface area (Å²) < 4.78 is 0. The summed E-state index contributed by atoms with van der Waals surface area (Å²) in [5.74, 6) is -2.51. The molecule has 4 atom stereocenters. The smallest absolute Gasteiger partial charge is 0.326 e. The molecular formula is C22H32N4O5. The summed E-state index contributed by atoms with van der Waals surface area (Å²) in [6, 6.07) is 6.67. The number of carboxylic acid groups (broad SMARTS) is 1. The fourth-order valence-electron chi connectivity index (χ4n) is 3.55. The van der Waals surface area contributed by atoms with Gasteiger partial charge in [0.15, 0.2) is 0 Å². The molecule has 1 fully saturated rings. The van der Waals surface area contributed by atoms with Crippen LogP contribution in [0.1, 0.15) is 38.7 Å². The van der Waals surface area contributed by atoms with Gasteiger partial charge < -0.3 is 26.4 Å². The lowest BCUT2D eigenvalue weighted by Crippen LogP contribution is -2.55. The van der Waals surface area contributed by atoms with Gasteiger partial charge in [-0.25, -0.2) is 4.79 Å². The average Bonchev–Trinajstić information content (AvgIpc) is 3.26. The van der Waals surface area contributed by atoms with Gasteiger partial charge in [-0.15, -0.1) is 0 Å². The maximum Gasteiger partial charge on any atom is 0.326 e. The van der Waals surface area contributed by atoms with Crippen molar-refractivity contribution in [1.29, 1.82) is 0 Å². The van der Waals surface area contributed by atoms with Crippen LogP contribution in [0.2, 0.25) is 0 Å². The first-order valence-corrected chi connectivity index (χ1v) is 10.6. The number of nitrogens with one attached hydrogen (secondary N) is 2. The quantitative estimate of drug-likeness (QED) is 0.418. The van der Waals surface area contributed by atoms with Crippen LogP contribution in [0.15, 0.2) is 30.3 Å². The third-order valence-electron chi connectivity index (χ3n) is 5.75. The molecule has 1 aromatic carbocycles. The standard InChI is InChI=1S/C22H32N4O5/c1-3-14(2)19(23)21(29)25-16(12-15-8-5-4-6-9-15)20(28)24-13-18(27)26-11-7-10-17(26)22(30)31/h4-6,8-9,14,16-17,19H,3,7,10-13,23H2,1-2H3,(H,24,28)(H,25,29)(H,30,31). The van der Waals surface area contributed by atoms with Gasteiger partial charge in [-0.05, 0) is 24.3 Å². The predicted molar refractivity (Wildman–Crippen MR) is 115 cm³/mol. The van der Waals surface area contributed by atoms with Crippen molar-refractivity contribution in [3.63, 3.8) is 0 Å². The molecule has 0 aliphatic carbocycles. The molecule has 1 heterocycles. The van der Waals surface area contributed by atoms with Gasteiger partial charge in [0.2, 0.25) is 17.7 Å². The lowest BCUT2D eigenvalue weighted by Gasteiger charge is -2.24. The van der Waals surface area contributed by atoms with Crippen molar-refractivity contribution in [2.24, 2.45) is 11.7 Å². The Morgan fingerprint density at radius 1 is 1.19 bits per heavy atom. The summed E-state index contributed by atoms with van der Waals surface area (Å²) in [5.41, 5.74) is 6.85. The first-order valence-electron chi connectivity index (χ1n) is 10.6. The molecule has 3 amide bonds. The van der Waals surface area contributed by atoms with E-state index in [0.29, 0.717) is 19.4 Å². The Morgan fingerprint density at radius 3 is 2.48 bits per heavy atom. The maximum atomic E-state index is 12.8. The zero-order valence-corrected chi connectivity index (χ0v) is 18.0. The molecule has 0 bridgehead atoms. The van der Waals surface area contributed by atoms with Crippen LogP contribution in [0.4, 0.5) is 0 Å². The number of amides is 3. The van der Waals surface area contributed by atoms with Crippen molar-refractivity contribution in [2.75, 3.05) is 13.1 Å². The highest BCUT2D eigenvalue weighted by Crippen LogP contribution is 2.17. The molecule has 170 valence electrons. The number of nitrogens with zero attached hydrogens (tertiary/aromatic N) is 1. The van der Waals surface area contributed by atoms with Gasteiger partial charge in [0.1, 0.15) is 12.1 Å². The maximum absolute atomic E-state index is 12.8. The Hall–Kier alpha value is -2.94. The van der Waals surface area contributed by atoms with Gasteiger partial charge in [-0.2, -0.15) is 0 Å². The molecule has 0 aromatic heterocycles. The van der Waals surface area contributed by atoms with Crippen molar-refractivity contribution in [3.8, 4) is 0 Å².